The molecule has 1 saturated carbocycles. The van der Waals surface area contributed by atoms with Gasteiger partial charge in [-0.1, -0.05) is 0 Å². The smallest absolute Gasteiger partial charge is 0.147 e. The Morgan fingerprint density at radius 1 is 1.24 bits per heavy atom. The Morgan fingerprint density at radius 2 is 2.05 bits per heavy atom. The van der Waals surface area contributed by atoms with Gasteiger partial charge in [-0.15, -0.1) is 0 Å². The van der Waals surface area contributed by atoms with Gasteiger partial charge in [-0.2, -0.15) is 0 Å². The van der Waals surface area contributed by atoms with Gasteiger partial charge in [-0.25, -0.2) is 0 Å². The van der Waals surface area contributed by atoms with Gasteiger partial charge in [-0.05, 0) is 24.5 Å². The fourth-order valence-corrected chi connectivity index (χ4v) is 2.78. The monoisotopic (exact) mass is 294 g/mol. The summed E-state index contributed by atoms with van der Waals surface area (Å²) < 4.78 is 21.5. The molecule has 5 nitrogen and oxygen atoms in total. The Balaban J connectivity index is 2.28. The number of ketones is 1. The van der Waals surface area contributed by atoms with E-state index in [1.165, 1.54) is 0 Å². The van der Waals surface area contributed by atoms with Crippen LogP contribution in [0.1, 0.15) is 30.9 Å². The molecule has 1 aliphatic carbocycles. The highest BCUT2D eigenvalue weighted by Gasteiger charge is 2.33. The molecule has 0 amide bonds. The number of carbonyl (C=O) groups excluding carboxylic acids is 1. The largest absolute Gasteiger partial charge is 0.497 e. The third-order valence-electron chi connectivity index (χ3n) is 3.82. The van der Waals surface area contributed by atoms with Gasteiger partial charge in [-0.3, -0.25) is 4.79 Å². The lowest BCUT2D eigenvalue weighted by Gasteiger charge is -2.25. The molecule has 0 spiro atoms. The van der Waals surface area contributed by atoms with E-state index in [9.17, 15) is 4.79 Å². The van der Waals surface area contributed by atoms with E-state index in [1.54, 1.807) is 21.3 Å². The van der Waals surface area contributed by atoms with Gasteiger partial charge in [0.25, 0.3) is 0 Å². The summed E-state index contributed by atoms with van der Waals surface area (Å²) in [4.78, 5) is 11.6. The molecule has 0 aromatic heterocycles. The first kappa shape index (κ1) is 15.8. The van der Waals surface area contributed by atoms with E-state index >= 15 is 0 Å². The highest BCUT2D eigenvalue weighted by atomic mass is 16.7. The van der Waals surface area contributed by atoms with Gasteiger partial charge in [0, 0.05) is 31.6 Å². The number of hydrogen-bond acceptors (Lipinski definition) is 5. The maximum absolute atomic E-state index is 11.6. The topological polar surface area (TPSA) is 54.0 Å². The Labute approximate surface area is 125 Å². The van der Waals surface area contributed by atoms with Crippen molar-refractivity contribution < 1.29 is 23.7 Å². The summed E-state index contributed by atoms with van der Waals surface area (Å²) in [5.41, 5.74) is 0.926. The molecule has 2 atom stereocenters. The van der Waals surface area contributed by atoms with Crippen molar-refractivity contribution in [2.24, 2.45) is 5.92 Å². The molecular weight excluding hydrogens is 272 g/mol. The zero-order valence-electron chi connectivity index (χ0n) is 12.8. The third-order valence-corrected chi connectivity index (χ3v) is 3.82. The van der Waals surface area contributed by atoms with E-state index < -0.39 is 0 Å². The molecule has 1 aromatic carbocycles. The fourth-order valence-electron chi connectivity index (χ4n) is 2.78. The van der Waals surface area contributed by atoms with Crippen LogP contribution in [0.4, 0.5) is 0 Å². The van der Waals surface area contributed by atoms with Crippen molar-refractivity contribution in [3.05, 3.63) is 23.8 Å². The molecule has 0 heterocycles. The average Bonchev–Trinajstić information content (AvgIpc) is 2.94. The first-order valence-corrected chi connectivity index (χ1v) is 7.03. The molecule has 1 aliphatic rings. The molecule has 5 heteroatoms. The Bertz CT molecular complexity index is 486. The van der Waals surface area contributed by atoms with Gasteiger partial charge in [0.15, 0.2) is 0 Å². The van der Waals surface area contributed by atoms with E-state index in [0.29, 0.717) is 24.4 Å². The van der Waals surface area contributed by atoms with Gasteiger partial charge in [0.1, 0.15) is 24.1 Å². The lowest BCUT2D eigenvalue weighted by molar-refractivity contribution is -0.119. The molecule has 0 N–H and O–H groups in total. The number of carbonyl (C=O) groups is 1. The minimum Gasteiger partial charge on any atom is -0.497 e. The average molecular weight is 294 g/mol. The number of hydrogen-bond donors (Lipinski definition) is 0. The van der Waals surface area contributed by atoms with Gasteiger partial charge >= 0.3 is 0 Å². The zero-order chi connectivity index (χ0) is 15.2. The van der Waals surface area contributed by atoms with Gasteiger partial charge < -0.3 is 18.9 Å². The van der Waals surface area contributed by atoms with E-state index in [-0.39, 0.29) is 18.8 Å². The SMILES string of the molecule is COCOC(c1ccc(OC)cc1OC)C1CCC(=O)C1. The summed E-state index contributed by atoms with van der Waals surface area (Å²) >= 11 is 0. The lowest BCUT2D eigenvalue weighted by atomic mass is 9.93. The number of ether oxygens (including phenoxy) is 4. The molecule has 0 aliphatic heterocycles. The minimum atomic E-state index is -0.211. The van der Waals surface area contributed by atoms with Crippen LogP contribution in [0.3, 0.4) is 0 Å². The lowest BCUT2D eigenvalue weighted by Crippen LogP contribution is -2.16. The molecule has 1 fully saturated rings. The Kier molecular flexibility index (Phi) is 5.59. The predicted octanol–water partition coefficient (Wildman–Crippen LogP) is 2.73. The molecule has 0 saturated heterocycles. The third kappa shape index (κ3) is 3.74. The standard InChI is InChI=1S/C16H22O5/c1-18-10-21-16(11-4-5-12(17)8-11)14-7-6-13(19-2)9-15(14)20-3/h6-7,9,11,16H,4-5,8,10H2,1-3H3. The molecule has 0 bridgehead atoms. The van der Waals surface area contributed by atoms with Crippen LogP contribution in [-0.2, 0) is 14.3 Å². The van der Waals surface area contributed by atoms with Crippen molar-refractivity contribution in [2.45, 2.75) is 25.4 Å². The number of benzene rings is 1. The highest BCUT2D eigenvalue weighted by molar-refractivity contribution is 5.80. The van der Waals surface area contributed by atoms with Gasteiger partial charge in [0.05, 0.1) is 20.3 Å². The second-order valence-electron chi connectivity index (χ2n) is 5.14. The summed E-state index contributed by atoms with van der Waals surface area (Å²) in [6.45, 7) is 0.185. The van der Waals surface area contributed by atoms with Crippen LogP contribution in [0, 0.1) is 5.92 Å². The number of rotatable bonds is 7. The summed E-state index contributed by atoms with van der Waals surface area (Å²) in [6.07, 6.45) is 1.79. The summed E-state index contributed by atoms with van der Waals surface area (Å²) in [7, 11) is 4.82. The van der Waals surface area contributed by atoms with Crippen molar-refractivity contribution in [1.29, 1.82) is 0 Å². The van der Waals surface area contributed by atoms with Crippen LogP contribution in [0.15, 0.2) is 18.2 Å². The van der Waals surface area contributed by atoms with Crippen LogP contribution in [-0.4, -0.2) is 33.9 Å². The Hall–Kier alpha value is -1.59. The van der Waals surface area contributed by atoms with E-state index in [1.807, 2.05) is 18.2 Å². The molecule has 116 valence electrons. The molecule has 0 radical (unpaired) electrons. The van der Waals surface area contributed by atoms with Crippen LogP contribution < -0.4 is 9.47 Å². The Morgan fingerprint density at radius 3 is 2.62 bits per heavy atom. The van der Waals surface area contributed by atoms with Crippen molar-refractivity contribution in [1.82, 2.24) is 0 Å². The second-order valence-corrected chi connectivity index (χ2v) is 5.14. The summed E-state index contributed by atoms with van der Waals surface area (Å²) in [5, 5.41) is 0. The molecular formula is C16H22O5. The minimum absolute atomic E-state index is 0.162. The normalized spacial score (nSPS) is 19.6. The molecule has 21 heavy (non-hydrogen) atoms. The van der Waals surface area contributed by atoms with Crippen LogP contribution in [0.25, 0.3) is 0 Å². The molecule has 2 rings (SSSR count). The number of Topliss-reactive ketones (excluding diaryl/α,β-unsaturated/α-hetero) is 1. The zero-order valence-corrected chi connectivity index (χ0v) is 12.8. The predicted molar refractivity (Wildman–Crippen MR) is 77.6 cm³/mol. The van der Waals surface area contributed by atoms with Crippen LogP contribution >= 0.6 is 0 Å². The van der Waals surface area contributed by atoms with Gasteiger partial charge in [0.2, 0.25) is 0 Å². The van der Waals surface area contributed by atoms with Crippen LogP contribution in [0.5, 0.6) is 11.5 Å². The highest BCUT2D eigenvalue weighted by Crippen LogP contribution is 2.41. The maximum Gasteiger partial charge on any atom is 0.147 e. The fraction of sp³-hybridized carbons (Fsp3) is 0.562. The summed E-state index contributed by atoms with van der Waals surface area (Å²) in [6, 6.07) is 5.63. The molecule has 1 aromatic rings. The van der Waals surface area contributed by atoms with E-state index in [4.69, 9.17) is 18.9 Å². The van der Waals surface area contributed by atoms with E-state index in [0.717, 1.165) is 17.7 Å². The molecule has 2 unspecified atom stereocenters. The summed E-state index contributed by atoms with van der Waals surface area (Å²) in [5.74, 6) is 1.88. The van der Waals surface area contributed by atoms with Crippen molar-refractivity contribution in [3.63, 3.8) is 0 Å². The second kappa shape index (κ2) is 7.43. The van der Waals surface area contributed by atoms with Crippen molar-refractivity contribution >= 4 is 5.78 Å². The first-order chi connectivity index (χ1) is 10.2. The first-order valence-electron chi connectivity index (χ1n) is 7.03. The van der Waals surface area contributed by atoms with Crippen molar-refractivity contribution in [3.8, 4) is 11.5 Å². The van der Waals surface area contributed by atoms with Crippen LogP contribution in [0.2, 0.25) is 0 Å². The quantitative estimate of drug-likeness (QED) is 0.724. The van der Waals surface area contributed by atoms with Crippen molar-refractivity contribution in [2.75, 3.05) is 28.1 Å². The maximum atomic E-state index is 11.6. The van der Waals surface area contributed by atoms with E-state index in [2.05, 4.69) is 0 Å². The number of methoxy groups -OCH3 is 3.